The zero-order valence-corrected chi connectivity index (χ0v) is 37.5. The van der Waals surface area contributed by atoms with Gasteiger partial charge < -0.3 is 36.1 Å². The molecule has 0 rings (SSSR count). The Hall–Kier alpha value is 0.981. The van der Waals surface area contributed by atoms with Gasteiger partial charge in [0.1, 0.15) is 0 Å². The Morgan fingerprint density at radius 3 is 0.837 bits per heavy atom. The SMILES string of the molecule is CC(C)(COCC(CO)(CO)COCC(C)(C)C[Si](C)(O[Si](C)(C)C)O[Si](C)(C)C)C[Si](C)(O[Si](C)(C)C)O[Si](C)(C)C. The second kappa shape index (κ2) is 15.9. The molecule has 0 fully saturated rings. The summed E-state index contributed by atoms with van der Waals surface area (Å²) in [6.45, 7) is 40.6. The molecular formula is C29H72O8Si6. The monoisotopic (exact) mass is 716 g/mol. The van der Waals surface area contributed by atoms with Gasteiger partial charge in [-0.3, -0.25) is 0 Å². The van der Waals surface area contributed by atoms with Gasteiger partial charge in [0.2, 0.25) is 0 Å². The first kappa shape index (κ1) is 44.0. The highest BCUT2D eigenvalue weighted by molar-refractivity contribution is 6.88. The summed E-state index contributed by atoms with van der Waals surface area (Å²) in [6.07, 6.45) is 0. The van der Waals surface area contributed by atoms with E-state index in [0.29, 0.717) is 13.2 Å². The van der Waals surface area contributed by atoms with E-state index in [0.717, 1.165) is 12.1 Å². The van der Waals surface area contributed by atoms with Gasteiger partial charge in [0.15, 0.2) is 33.3 Å². The van der Waals surface area contributed by atoms with Crippen molar-refractivity contribution in [2.75, 3.05) is 39.6 Å². The van der Waals surface area contributed by atoms with Crippen molar-refractivity contribution in [1.29, 1.82) is 0 Å². The lowest BCUT2D eigenvalue weighted by atomic mass is 9.91. The maximum atomic E-state index is 10.4. The van der Waals surface area contributed by atoms with E-state index in [9.17, 15) is 10.2 Å². The quantitative estimate of drug-likeness (QED) is 0.111. The second-order valence-electron chi connectivity index (χ2n) is 18.6. The van der Waals surface area contributed by atoms with Gasteiger partial charge in [-0.2, -0.15) is 0 Å². The van der Waals surface area contributed by atoms with E-state index in [1.54, 1.807) is 0 Å². The van der Waals surface area contributed by atoms with Crippen molar-refractivity contribution in [3.8, 4) is 0 Å². The number of aliphatic hydroxyl groups is 2. The van der Waals surface area contributed by atoms with Gasteiger partial charge in [0.25, 0.3) is 0 Å². The number of hydrogen-bond acceptors (Lipinski definition) is 8. The molecule has 0 aromatic heterocycles. The third-order valence-corrected chi connectivity index (χ3v) is 26.1. The fourth-order valence-electron chi connectivity index (χ4n) is 5.98. The number of rotatable bonds is 22. The maximum Gasteiger partial charge on any atom is 0.315 e. The molecule has 2 N–H and O–H groups in total. The summed E-state index contributed by atoms with van der Waals surface area (Å²) in [4.78, 5) is 0. The topological polar surface area (TPSA) is 95.8 Å². The normalized spacial score (nSPS) is 15.3. The summed E-state index contributed by atoms with van der Waals surface area (Å²) >= 11 is 0. The first-order valence-electron chi connectivity index (χ1n) is 16.0. The fraction of sp³-hybridized carbons (Fsp3) is 1.00. The molecule has 0 aliphatic heterocycles. The summed E-state index contributed by atoms with van der Waals surface area (Å²) < 4.78 is 39.4. The molecule has 8 nitrogen and oxygen atoms in total. The van der Waals surface area contributed by atoms with Crippen LogP contribution in [0.3, 0.4) is 0 Å². The molecule has 43 heavy (non-hydrogen) atoms. The molecular weight excluding hydrogens is 645 g/mol. The molecule has 0 aliphatic carbocycles. The molecule has 260 valence electrons. The molecule has 0 radical (unpaired) electrons. The molecule has 14 heteroatoms. The van der Waals surface area contributed by atoms with Gasteiger partial charge in [-0.15, -0.1) is 0 Å². The Morgan fingerprint density at radius 2 is 0.651 bits per heavy atom. The highest BCUT2D eigenvalue weighted by atomic mass is 28.5. The van der Waals surface area contributed by atoms with Crippen LogP contribution in [0.25, 0.3) is 0 Å². The summed E-state index contributed by atoms with van der Waals surface area (Å²) in [7, 11) is -12.1. The minimum atomic E-state index is -2.45. The molecule has 0 aromatic rings. The molecule has 0 amide bonds. The van der Waals surface area contributed by atoms with E-state index in [4.69, 9.17) is 25.9 Å². The zero-order chi connectivity index (χ0) is 34.4. The van der Waals surface area contributed by atoms with Gasteiger partial charge in [-0.05, 0) is 115 Å². The third-order valence-electron chi connectivity index (χ3n) is 6.16. The highest BCUT2D eigenvalue weighted by Gasteiger charge is 2.46. The van der Waals surface area contributed by atoms with Crippen LogP contribution in [0.4, 0.5) is 0 Å². The maximum absolute atomic E-state index is 10.4. The van der Waals surface area contributed by atoms with E-state index in [2.05, 4.69) is 119 Å². The fourth-order valence-corrected chi connectivity index (χ4v) is 32.6. The molecule has 0 heterocycles. The Kier molecular flexibility index (Phi) is 16.3. The first-order chi connectivity index (χ1) is 18.8. The van der Waals surface area contributed by atoms with Crippen molar-refractivity contribution >= 4 is 50.4 Å². The molecule has 0 spiro atoms. The Morgan fingerprint density at radius 1 is 0.419 bits per heavy atom. The van der Waals surface area contributed by atoms with E-state index < -0.39 is 55.8 Å². The predicted octanol–water partition coefficient (Wildman–Crippen LogP) is 7.59. The average Bonchev–Trinajstić information content (AvgIpc) is 2.64. The van der Waals surface area contributed by atoms with Crippen molar-refractivity contribution in [3.05, 3.63) is 0 Å². The Bertz CT molecular complexity index is 729. The molecule has 0 bridgehead atoms. The van der Waals surface area contributed by atoms with Crippen LogP contribution in [0.2, 0.25) is 104 Å². The van der Waals surface area contributed by atoms with Gasteiger partial charge in [0.05, 0.1) is 45.1 Å². The van der Waals surface area contributed by atoms with Crippen LogP contribution in [0.15, 0.2) is 0 Å². The Balaban J connectivity index is 5.43. The lowest BCUT2D eigenvalue weighted by Crippen LogP contribution is -2.55. The van der Waals surface area contributed by atoms with Crippen LogP contribution in [0.5, 0.6) is 0 Å². The van der Waals surface area contributed by atoms with Crippen LogP contribution in [0, 0.1) is 16.2 Å². The highest BCUT2D eigenvalue weighted by Crippen LogP contribution is 2.36. The van der Waals surface area contributed by atoms with E-state index in [1.165, 1.54) is 0 Å². The molecule has 0 aliphatic rings. The van der Waals surface area contributed by atoms with E-state index in [-0.39, 0.29) is 37.3 Å². The standard InChI is InChI=1S/C29H72O8Si6/c1-27(2,25-42(17,34-38(5,6)7)35-39(8,9)10)21-32-23-29(19-30,20-31)24-33-22-28(3,4)26-43(18,36-40(11,12)13)37-41(14,15)16/h30-31H,19-26H2,1-18H3. The molecule has 0 unspecified atom stereocenters. The first-order valence-corrected chi connectivity index (χ1v) is 34.6. The van der Waals surface area contributed by atoms with Gasteiger partial charge in [-0.25, -0.2) is 0 Å². The second-order valence-corrected chi connectivity index (χ2v) is 44.0. The summed E-state index contributed by atoms with van der Waals surface area (Å²) in [5, 5.41) is 20.7. The van der Waals surface area contributed by atoms with Crippen LogP contribution < -0.4 is 0 Å². The zero-order valence-electron chi connectivity index (χ0n) is 31.5. The van der Waals surface area contributed by atoms with Crippen molar-refractivity contribution in [2.45, 2.75) is 131 Å². The van der Waals surface area contributed by atoms with Crippen LogP contribution in [0.1, 0.15) is 27.7 Å². The smallest absolute Gasteiger partial charge is 0.315 e. The van der Waals surface area contributed by atoms with Crippen LogP contribution >= 0.6 is 0 Å². The number of aliphatic hydroxyl groups excluding tert-OH is 2. The van der Waals surface area contributed by atoms with Crippen molar-refractivity contribution in [3.63, 3.8) is 0 Å². The van der Waals surface area contributed by atoms with Crippen LogP contribution in [-0.4, -0.2) is 100 Å². The van der Waals surface area contributed by atoms with Gasteiger partial charge in [-0.1, -0.05) is 27.7 Å². The average molecular weight is 717 g/mol. The predicted molar refractivity (Wildman–Crippen MR) is 196 cm³/mol. The lowest BCUT2D eigenvalue weighted by Gasteiger charge is -2.43. The number of hydrogen-bond donors (Lipinski definition) is 2. The van der Waals surface area contributed by atoms with Crippen molar-refractivity contribution < 1.29 is 36.1 Å². The van der Waals surface area contributed by atoms with E-state index >= 15 is 0 Å². The minimum Gasteiger partial charge on any atom is -0.437 e. The van der Waals surface area contributed by atoms with Gasteiger partial charge in [0, 0.05) is 0 Å². The largest absolute Gasteiger partial charge is 0.437 e. The molecule has 0 saturated heterocycles. The molecule has 0 atom stereocenters. The molecule has 0 aromatic carbocycles. The van der Waals surface area contributed by atoms with Crippen LogP contribution in [-0.2, 0) is 25.9 Å². The minimum absolute atomic E-state index is 0.193. The van der Waals surface area contributed by atoms with Crippen molar-refractivity contribution in [2.24, 2.45) is 16.2 Å². The summed E-state index contributed by atoms with van der Waals surface area (Å²) in [5.41, 5.74) is -1.27. The Labute approximate surface area is 272 Å². The number of ether oxygens (including phenoxy) is 2. The van der Waals surface area contributed by atoms with Crippen molar-refractivity contribution in [1.82, 2.24) is 0 Å². The summed E-state index contributed by atoms with van der Waals surface area (Å²) in [6, 6.07) is 1.62. The van der Waals surface area contributed by atoms with E-state index in [1.807, 2.05) is 0 Å². The van der Waals surface area contributed by atoms with Gasteiger partial charge >= 0.3 is 17.1 Å². The summed E-state index contributed by atoms with van der Waals surface area (Å²) in [5.74, 6) is 0. The lowest BCUT2D eigenvalue weighted by molar-refractivity contribution is -0.0948. The third kappa shape index (κ3) is 20.8. The molecule has 0 saturated carbocycles.